The van der Waals surface area contributed by atoms with Crippen molar-refractivity contribution in [2.75, 3.05) is 64.0 Å². The van der Waals surface area contributed by atoms with E-state index in [0.29, 0.717) is 12.0 Å². The molecule has 0 saturated carbocycles. The number of nitrogens with one attached hydrogen (secondary N) is 4. The van der Waals surface area contributed by atoms with Gasteiger partial charge in [0, 0.05) is 111 Å². The maximum absolute atomic E-state index is 13.6. The molecule has 17 N–H and O–H groups in total. The van der Waals surface area contributed by atoms with E-state index in [0.717, 1.165) is 31.7 Å². The molecule has 0 aliphatic carbocycles. The van der Waals surface area contributed by atoms with E-state index in [1.54, 1.807) is 13.8 Å². The second-order valence-electron chi connectivity index (χ2n) is 33.8. The lowest BCUT2D eigenvalue weighted by molar-refractivity contribution is -0.0572. The van der Waals surface area contributed by atoms with Gasteiger partial charge in [0.2, 0.25) is 0 Å². The van der Waals surface area contributed by atoms with Crippen molar-refractivity contribution >= 4 is 169 Å². The van der Waals surface area contributed by atoms with Crippen LogP contribution >= 0.6 is 47.0 Å². The molecule has 7 aliphatic heterocycles. The smallest absolute Gasteiger partial charge is 0.351 e. The Morgan fingerprint density at radius 1 is 0.333 bits per heavy atom. The second kappa shape index (κ2) is 44.4. The van der Waals surface area contributed by atoms with Crippen LogP contribution in [-0.2, 0) is 179 Å². The first-order chi connectivity index (χ1) is 67.8. The summed E-state index contributed by atoms with van der Waals surface area (Å²) in [5.41, 5.74) is 12.8. The highest BCUT2D eigenvalue weighted by Gasteiger charge is 2.52. The van der Waals surface area contributed by atoms with Gasteiger partial charge in [-0.2, -0.15) is 4.98 Å². The predicted octanol–water partition coefficient (Wildman–Crippen LogP) is 0.795. The number of aryl methyl sites for hydroxylation is 5. The minimum Gasteiger partial charge on any atom is -0.383 e. The van der Waals surface area contributed by atoms with Gasteiger partial charge in [-0.15, -0.1) is 0 Å². The molecule has 16 heterocycles. The lowest BCUT2D eigenvalue weighted by Gasteiger charge is -2.29. The van der Waals surface area contributed by atoms with Gasteiger partial charge in [0.1, 0.15) is 110 Å². The zero-order chi connectivity index (χ0) is 104. The van der Waals surface area contributed by atoms with Gasteiger partial charge in [-0.1, -0.05) is 6.92 Å². The van der Waals surface area contributed by atoms with E-state index in [4.69, 9.17) is 196 Å². The Balaban J connectivity index is 0.610. The summed E-state index contributed by atoms with van der Waals surface area (Å²) in [6.45, 7) is -26.9. The maximum Gasteiger partial charge on any atom is 0.351 e. The third-order valence-electron chi connectivity index (χ3n) is 23.9. The van der Waals surface area contributed by atoms with Crippen LogP contribution in [0.3, 0.4) is 0 Å². The van der Waals surface area contributed by atoms with Gasteiger partial charge >= 0.3 is 75.5 Å². The molecule has 0 bridgehead atoms. The summed E-state index contributed by atoms with van der Waals surface area (Å²) in [7, 11) is 1.10. The van der Waals surface area contributed by atoms with E-state index >= 15 is 0 Å². The molecule has 58 nitrogen and oxygen atoms in total. The largest absolute Gasteiger partial charge is 0.383 e. The standard InChI is InChI=1S/C72H96N21O37P7S7/c1-8-36-37(9-50(117-36)88-17-32(3)64(94)83-69(88)99)125-132(104,139)111-22-46-40(12-53(120-46)90-19-34(5)66(96)85-71(90)101)127-134(106,141)113-24-47-41(13-54(121-47)91-20-35(6)67(97)86-72(91)102)128-135(107,142)115-25-48-43(15-56(122-48)93-30-81-58-61(75)77-28-79-63(58)93)130-137(109,144)116-26-49-42(14-55(123-49)92-29-80-57-60(74)76-27-78-62(57)92)129-136(108,143)114-23-45-39(11-51(119-45)87-16-31(2)59(73)82-68(87)98)126-133(105,140)112-21-44-38(124-131(103,138)110-7)10-52(118-44)89-18-33(4)65(95)84-70(89)100/h16-20,27-30,36-56H,8-15,21-26H2,1-7H3,(H,103,138)(H,104,139)(H,105,140)(H,106,141)(H,107,142)(H,108,143)(H,109,144)(H2,73,82,98)(H2,74,76,78)(H2,75,77,79)(H,83,94,99)(H,84,95,100)(H,85,96,101)(H,86,97,102)/t36-,37-,38-,39-,40-,41-,42-,43-,44-,45-,46-,47-,48-,49-,50-,51-,52-,53-,54-,55-,56-,131?,132?,133?,134?,135?,136?,137?/m1/s1. The number of hydrogen-bond donors (Lipinski definition) is 14. The number of hydrogen-bond acceptors (Lipinski definition) is 47. The summed E-state index contributed by atoms with van der Waals surface area (Å²) in [5.74, 6) is -0.127. The van der Waals surface area contributed by atoms with Crippen molar-refractivity contribution in [3.05, 3.63) is 178 Å². The number of nitrogen functional groups attached to an aromatic ring is 3. The Hall–Kier alpha value is -6.47. The Morgan fingerprint density at radius 2 is 0.562 bits per heavy atom. The molecule has 9 aromatic rings. The summed E-state index contributed by atoms with van der Waals surface area (Å²) in [6, 6.07) is 0. The number of nitrogens with zero attached hydrogens (tertiary/aromatic N) is 14. The van der Waals surface area contributed by atoms with Crippen LogP contribution in [0, 0.1) is 34.6 Å². The first-order valence-corrected chi connectivity index (χ1v) is 61.5. The molecule has 788 valence electrons. The first-order valence-electron chi connectivity index (χ1n) is 43.4. The molecule has 7 aliphatic rings. The number of nitrogens with two attached hydrogens (primary N) is 3. The number of aromatic amines is 4. The van der Waals surface area contributed by atoms with Crippen LogP contribution in [0.25, 0.3) is 22.3 Å². The zero-order valence-electron chi connectivity index (χ0n) is 76.1. The van der Waals surface area contributed by atoms with Crippen LogP contribution < -0.4 is 67.9 Å². The highest BCUT2D eigenvalue weighted by Crippen LogP contribution is 2.59. The average molecular weight is 2290 g/mol. The van der Waals surface area contributed by atoms with Crippen LogP contribution in [0.4, 0.5) is 17.5 Å². The first kappa shape index (κ1) is 110. The van der Waals surface area contributed by atoms with Crippen molar-refractivity contribution in [1.82, 2.24) is 86.8 Å². The fourth-order valence-electron chi connectivity index (χ4n) is 16.7. The Bertz CT molecular complexity index is 7320. The second-order valence-corrected chi connectivity index (χ2v) is 53.4. The van der Waals surface area contributed by atoms with Crippen molar-refractivity contribution < 1.29 is 131 Å². The molecule has 7 unspecified atom stereocenters. The molecule has 9 aromatic heterocycles. The van der Waals surface area contributed by atoms with Crippen molar-refractivity contribution in [3.8, 4) is 0 Å². The molecule has 0 amide bonds. The van der Waals surface area contributed by atoms with E-state index < -0.39 is 266 Å². The van der Waals surface area contributed by atoms with Gasteiger partial charge in [0.05, 0.1) is 101 Å². The van der Waals surface area contributed by atoms with Crippen molar-refractivity contribution in [2.24, 2.45) is 0 Å². The molecule has 72 heteroatoms. The number of imidazole rings is 2. The van der Waals surface area contributed by atoms with Gasteiger partial charge in [0.15, 0.2) is 22.9 Å². The number of ether oxygens (including phenoxy) is 7. The zero-order valence-corrected chi connectivity index (χ0v) is 88.1. The number of anilines is 3. The highest BCUT2D eigenvalue weighted by molar-refractivity contribution is 8.09. The molecule has 7 fully saturated rings. The van der Waals surface area contributed by atoms with E-state index in [2.05, 4.69) is 54.8 Å². The molecular weight excluding hydrogens is 2190 g/mol. The third kappa shape index (κ3) is 25.9. The lowest BCUT2D eigenvalue weighted by atomic mass is 10.1. The fourth-order valence-corrected chi connectivity index (χ4v) is 26.5. The number of rotatable bonds is 41. The van der Waals surface area contributed by atoms with Crippen LogP contribution in [0.5, 0.6) is 0 Å². The molecule has 144 heavy (non-hydrogen) atoms. The van der Waals surface area contributed by atoms with Crippen LogP contribution in [0.15, 0.2) is 99.4 Å². The topological polar surface area (TPSA) is 755 Å². The van der Waals surface area contributed by atoms with Gasteiger partial charge in [-0.05, 0) is 124 Å². The normalized spacial score (nSPS) is 29.7. The quantitative estimate of drug-likeness (QED) is 0.0236. The molecule has 28 atom stereocenters. The van der Waals surface area contributed by atoms with Crippen LogP contribution in [0.1, 0.15) is 130 Å². The Kier molecular flexibility index (Phi) is 34.0. The molecule has 0 aromatic carbocycles. The van der Waals surface area contributed by atoms with Crippen LogP contribution in [-0.4, -0.2) is 253 Å². The van der Waals surface area contributed by atoms with Gasteiger partial charge in [-0.25, -0.2) is 53.9 Å². The number of H-pyrrole nitrogens is 4. The Morgan fingerprint density at radius 3 is 0.819 bits per heavy atom. The summed E-state index contributed by atoms with van der Waals surface area (Å²) < 4.78 is 136. The molecule has 0 spiro atoms. The van der Waals surface area contributed by atoms with E-state index in [1.165, 1.54) is 91.4 Å². The summed E-state index contributed by atoms with van der Waals surface area (Å²) >= 11 is 39.0. The minimum absolute atomic E-state index is 0.0103. The average Bonchev–Trinajstić information content (AvgIpc) is 1.63. The van der Waals surface area contributed by atoms with Gasteiger partial charge in [-0.3, -0.25) is 71.1 Å². The van der Waals surface area contributed by atoms with Gasteiger partial charge < -0.3 is 148 Å². The minimum atomic E-state index is -4.73. The molecule has 16 rings (SSSR count). The SMILES string of the molecule is CC[C@H]1O[C@@H](n2cc(C)c(=O)[nH]c2=O)C[C@H]1OP(O)(=S)OC[C@H]1O[C@@H](n2cc(C)c(=O)[nH]c2=O)C[C@H]1OP(O)(=S)OC[C@H]1O[C@@H](n2cc(C)c(=O)[nH]c2=O)C[C@H]1OP(O)(=S)OC[C@H]1O[C@@H](n2cnc3c(N)ncnc32)C[C@H]1OP(O)(=S)OC[C@H]1O[C@@H](n2cnc3c(N)ncnc32)C[C@H]1OP(O)(=S)OC[C@H]1O[C@@H](n2cc(C)c(N)nc2=O)C[C@H]1OP(O)(=S)OC[C@H]1O[C@@H](n2cc(C)c(=O)[nH]c2=O)C[C@H]1OP(O)(=S)OC. The molecule has 7 saturated heterocycles. The fraction of sp³-hybridized carbons (Fsp3) is 0.583. The molecular formula is C72H96N21O37P7S7. The van der Waals surface area contributed by atoms with Crippen molar-refractivity contribution in [3.63, 3.8) is 0 Å². The molecule has 0 radical (unpaired) electrons. The van der Waals surface area contributed by atoms with Crippen LogP contribution in [0.2, 0.25) is 0 Å². The monoisotopic (exact) mass is 2290 g/mol. The van der Waals surface area contributed by atoms with Crippen molar-refractivity contribution in [2.45, 2.75) is 222 Å². The summed E-state index contributed by atoms with van der Waals surface area (Å²) in [4.78, 5) is 238. The number of fused-ring (bicyclic) bond motifs is 2. The Labute approximate surface area is 845 Å². The number of aromatic nitrogens is 18. The van der Waals surface area contributed by atoms with Gasteiger partial charge in [0.25, 0.3) is 22.2 Å². The van der Waals surface area contributed by atoms with E-state index in [-0.39, 0.29) is 107 Å². The third-order valence-corrected chi connectivity index (χ3v) is 35.1. The maximum atomic E-state index is 13.6. The van der Waals surface area contributed by atoms with Crippen molar-refractivity contribution in [1.29, 1.82) is 0 Å². The highest BCUT2D eigenvalue weighted by atomic mass is 32.5. The van der Waals surface area contributed by atoms with E-state index in [1.807, 2.05) is 0 Å². The lowest BCUT2D eigenvalue weighted by Crippen LogP contribution is -2.33. The predicted molar refractivity (Wildman–Crippen MR) is 524 cm³/mol. The summed E-state index contributed by atoms with van der Waals surface area (Å²) in [6.07, 6.45) is -17.0. The summed E-state index contributed by atoms with van der Waals surface area (Å²) in [5, 5.41) is 0. The van der Waals surface area contributed by atoms with E-state index in [9.17, 15) is 77.4 Å².